The van der Waals surface area contributed by atoms with Gasteiger partial charge in [-0.1, -0.05) is 30.7 Å². The molecule has 3 rings (SSSR count). The molecule has 0 saturated carbocycles. The van der Waals surface area contributed by atoms with Gasteiger partial charge in [0.25, 0.3) is 0 Å². The zero-order valence-corrected chi connectivity index (χ0v) is 12.6. The molecule has 2 aromatic carbocycles. The lowest BCUT2D eigenvalue weighted by molar-refractivity contribution is 0.468. The average molecular weight is 301 g/mol. The Bertz CT molecular complexity index is 780. The molecule has 3 nitrogen and oxygen atoms in total. The quantitative estimate of drug-likeness (QED) is 0.775. The maximum Gasteiger partial charge on any atom is 0.119 e. The number of phenols is 1. The molecule has 0 unspecified atom stereocenters. The zero-order chi connectivity index (χ0) is 14.8. The lowest BCUT2D eigenvalue weighted by Crippen LogP contribution is -2.04. The van der Waals surface area contributed by atoms with Gasteiger partial charge in [0.2, 0.25) is 0 Å². The summed E-state index contributed by atoms with van der Waals surface area (Å²) in [7, 11) is 0. The molecule has 1 aromatic heterocycles. The fourth-order valence-electron chi connectivity index (χ4n) is 2.60. The summed E-state index contributed by atoms with van der Waals surface area (Å²) in [6, 6.07) is 13.2. The van der Waals surface area contributed by atoms with Crippen molar-refractivity contribution in [3.05, 3.63) is 58.9 Å². The van der Waals surface area contributed by atoms with E-state index in [1.165, 1.54) is 0 Å². The number of rotatable bonds is 4. The van der Waals surface area contributed by atoms with Gasteiger partial charge in [-0.25, -0.2) is 4.98 Å². The van der Waals surface area contributed by atoms with Crippen LogP contribution in [0.1, 0.15) is 24.7 Å². The Hall–Kier alpha value is -2.00. The van der Waals surface area contributed by atoms with Gasteiger partial charge in [-0.05, 0) is 36.8 Å². The maximum atomic E-state index is 10.00. The van der Waals surface area contributed by atoms with Crippen molar-refractivity contribution in [2.24, 2.45) is 0 Å². The van der Waals surface area contributed by atoms with Crippen molar-refractivity contribution in [1.29, 1.82) is 0 Å². The monoisotopic (exact) mass is 300 g/mol. The van der Waals surface area contributed by atoms with E-state index in [1.54, 1.807) is 18.2 Å². The number of nitrogens with zero attached hydrogens (tertiary/aromatic N) is 2. The molecule has 108 valence electrons. The highest BCUT2D eigenvalue weighted by Gasteiger charge is 2.12. The van der Waals surface area contributed by atoms with Gasteiger partial charge in [0, 0.05) is 23.6 Å². The molecule has 3 aromatic rings. The van der Waals surface area contributed by atoms with Gasteiger partial charge in [-0.2, -0.15) is 0 Å². The second-order valence-corrected chi connectivity index (χ2v) is 5.55. The number of phenolic OH excluding ortho intramolecular Hbond substituents is 1. The fourth-order valence-corrected chi connectivity index (χ4v) is 2.79. The Morgan fingerprint density at radius 1 is 1.19 bits per heavy atom. The van der Waals surface area contributed by atoms with E-state index in [4.69, 9.17) is 16.6 Å². The van der Waals surface area contributed by atoms with Gasteiger partial charge < -0.3 is 9.67 Å². The molecule has 21 heavy (non-hydrogen) atoms. The number of imidazole rings is 1. The third-order valence-electron chi connectivity index (χ3n) is 3.57. The minimum absolute atomic E-state index is 0.259. The zero-order valence-electron chi connectivity index (χ0n) is 11.9. The molecular formula is C17H17ClN2O. The number of aryl methyl sites for hydroxylation is 1. The fraction of sp³-hybridized carbons (Fsp3) is 0.235. The highest BCUT2D eigenvalue weighted by molar-refractivity contribution is 6.30. The van der Waals surface area contributed by atoms with E-state index in [2.05, 4.69) is 17.6 Å². The Balaban J connectivity index is 2.07. The molecule has 4 heteroatoms. The second-order valence-electron chi connectivity index (χ2n) is 5.12. The predicted octanol–water partition coefficient (Wildman–Crippen LogP) is 4.40. The molecule has 0 amide bonds. The summed E-state index contributed by atoms with van der Waals surface area (Å²) in [6.45, 7) is 3.06. The van der Waals surface area contributed by atoms with Crippen LogP contribution in [0.2, 0.25) is 5.02 Å². The topological polar surface area (TPSA) is 38.0 Å². The molecule has 0 aliphatic carbocycles. The third-order valence-corrected chi connectivity index (χ3v) is 3.81. The summed E-state index contributed by atoms with van der Waals surface area (Å²) in [5.41, 5.74) is 2.92. The van der Waals surface area contributed by atoms with Gasteiger partial charge in [-0.15, -0.1) is 0 Å². The van der Waals surface area contributed by atoms with Crippen LogP contribution in [0.3, 0.4) is 0 Å². The van der Waals surface area contributed by atoms with Gasteiger partial charge in [0.1, 0.15) is 11.6 Å². The lowest BCUT2D eigenvalue weighted by atomic mass is 10.1. The molecule has 0 aliphatic heterocycles. The number of hydrogen-bond donors (Lipinski definition) is 1. The minimum Gasteiger partial charge on any atom is -0.508 e. The van der Waals surface area contributed by atoms with E-state index in [0.717, 1.165) is 35.4 Å². The summed E-state index contributed by atoms with van der Waals surface area (Å²) in [4.78, 5) is 4.71. The first-order valence-corrected chi connectivity index (χ1v) is 7.48. The van der Waals surface area contributed by atoms with Crippen molar-refractivity contribution in [2.75, 3.05) is 0 Å². The van der Waals surface area contributed by atoms with Gasteiger partial charge in [0.05, 0.1) is 11.0 Å². The van der Waals surface area contributed by atoms with Crippen LogP contribution < -0.4 is 0 Å². The smallest absolute Gasteiger partial charge is 0.119 e. The van der Waals surface area contributed by atoms with Crippen LogP contribution in [0.4, 0.5) is 0 Å². The maximum absolute atomic E-state index is 10.00. The summed E-state index contributed by atoms with van der Waals surface area (Å²) in [6.07, 6.45) is 1.61. The number of para-hydroxylation sites is 2. The molecule has 0 aliphatic rings. The minimum atomic E-state index is 0.259. The van der Waals surface area contributed by atoms with Crippen LogP contribution in [0.15, 0.2) is 42.5 Å². The molecular weight excluding hydrogens is 284 g/mol. The standard InChI is InChI=1S/C17H17ClN2O/c1-2-9-20-15-6-4-3-5-14(15)19-17(20)11-12-10-13(18)7-8-16(12)21/h3-8,10,21H,2,9,11H2,1H3. The van der Waals surface area contributed by atoms with Crippen LogP contribution in [0.5, 0.6) is 5.75 Å². The van der Waals surface area contributed by atoms with Crippen LogP contribution in [0.25, 0.3) is 11.0 Å². The van der Waals surface area contributed by atoms with Crippen molar-refractivity contribution in [3.63, 3.8) is 0 Å². The van der Waals surface area contributed by atoms with Gasteiger partial charge in [-0.3, -0.25) is 0 Å². The van der Waals surface area contributed by atoms with Crippen molar-refractivity contribution in [1.82, 2.24) is 9.55 Å². The van der Waals surface area contributed by atoms with Crippen molar-refractivity contribution >= 4 is 22.6 Å². The third kappa shape index (κ3) is 2.74. The van der Waals surface area contributed by atoms with Crippen LogP contribution in [-0.4, -0.2) is 14.7 Å². The molecule has 1 N–H and O–H groups in total. The van der Waals surface area contributed by atoms with Crippen LogP contribution in [0, 0.1) is 0 Å². The van der Waals surface area contributed by atoms with E-state index >= 15 is 0 Å². The largest absolute Gasteiger partial charge is 0.508 e. The van der Waals surface area contributed by atoms with E-state index in [9.17, 15) is 5.11 Å². The predicted molar refractivity (Wildman–Crippen MR) is 85.9 cm³/mol. The first-order chi connectivity index (χ1) is 10.2. The van der Waals surface area contributed by atoms with Crippen molar-refractivity contribution in [2.45, 2.75) is 26.3 Å². The van der Waals surface area contributed by atoms with Crippen molar-refractivity contribution < 1.29 is 5.11 Å². The van der Waals surface area contributed by atoms with E-state index < -0.39 is 0 Å². The number of fused-ring (bicyclic) bond motifs is 1. The number of aromatic nitrogens is 2. The highest BCUT2D eigenvalue weighted by atomic mass is 35.5. The van der Waals surface area contributed by atoms with E-state index in [1.807, 2.05) is 18.2 Å². The number of aromatic hydroxyl groups is 1. The second kappa shape index (κ2) is 5.78. The molecule has 0 saturated heterocycles. The number of hydrogen-bond acceptors (Lipinski definition) is 2. The SMILES string of the molecule is CCCn1c(Cc2cc(Cl)ccc2O)nc2ccccc21. The highest BCUT2D eigenvalue weighted by Crippen LogP contribution is 2.25. The first kappa shape index (κ1) is 14.0. The van der Waals surface area contributed by atoms with E-state index in [-0.39, 0.29) is 5.75 Å². The molecule has 0 atom stereocenters. The Labute approximate surface area is 128 Å². The summed E-state index contributed by atoms with van der Waals surface area (Å²) in [5, 5.41) is 10.6. The summed E-state index contributed by atoms with van der Waals surface area (Å²) in [5.74, 6) is 1.21. The Kier molecular flexibility index (Phi) is 3.84. The van der Waals surface area contributed by atoms with E-state index in [0.29, 0.717) is 11.4 Å². The van der Waals surface area contributed by atoms with Crippen LogP contribution in [-0.2, 0) is 13.0 Å². The number of halogens is 1. The van der Waals surface area contributed by atoms with Gasteiger partial charge in [0.15, 0.2) is 0 Å². The lowest BCUT2D eigenvalue weighted by Gasteiger charge is -2.09. The average Bonchev–Trinajstić information content (AvgIpc) is 2.81. The Morgan fingerprint density at radius 2 is 2.00 bits per heavy atom. The number of benzene rings is 2. The normalized spacial score (nSPS) is 11.1. The Morgan fingerprint density at radius 3 is 2.81 bits per heavy atom. The summed E-state index contributed by atoms with van der Waals surface area (Å²) >= 11 is 6.02. The summed E-state index contributed by atoms with van der Waals surface area (Å²) < 4.78 is 2.22. The molecule has 0 spiro atoms. The molecule has 0 fully saturated rings. The molecule has 1 heterocycles. The van der Waals surface area contributed by atoms with Crippen LogP contribution >= 0.6 is 11.6 Å². The molecule has 0 radical (unpaired) electrons. The van der Waals surface area contributed by atoms with Crippen molar-refractivity contribution in [3.8, 4) is 5.75 Å². The first-order valence-electron chi connectivity index (χ1n) is 7.10. The van der Waals surface area contributed by atoms with Gasteiger partial charge >= 0.3 is 0 Å². The molecule has 0 bridgehead atoms.